The van der Waals surface area contributed by atoms with Gasteiger partial charge in [0, 0.05) is 16.1 Å². The van der Waals surface area contributed by atoms with E-state index in [4.69, 9.17) is 9.15 Å². The van der Waals surface area contributed by atoms with Crippen LogP contribution >= 0.6 is 38.6 Å². The second-order valence-electron chi connectivity index (χ2n) is 5.13. The molecule has 0 amide bonds. The zero-order valence-electron chi connectivity index (χ0n) is 12.5. The third-order valence-electron chi connectivity index (χ3n) is 3.50. The SMILES string of the molecule is O=C(Oc1cc(-c2ccc(Br)cc2)c2oc(=O)sc2c1)c1cccs1. The van der Waals surface area contributed by atoms with E-state index in [0.717, 1.165) is 21.4 Å². The van der Waals surface area contributed by atoms with Crippen LogP contribution in [0.5, 0.6) is 5.75 Å². The summed E-state index contributed by atoms with van der Waals surface area (Å²) in [5, 5.41) is 1.81. The molecule has 0 N–H and O–H groups in total. The standard InChI is InChI=1S/C18H9BrO4S2/c19-11-5-3-10(4-6-11)13-8-12(9-15-16(13)23-18(21)25-15)22-17(20)14-2-1-7-24-14/h1-9H. The van der Waals surface area contributed by atoms with Crippen molar-refractivity contribution >= 4 is 54.9 Å². The topological polar surface area (TPSA) is 56.5 Å². The molecule has 7 heteroatoms. The van der Waals surface area contributed by atoms with Crippen LogP contribution in [-0.4, -0.2) is 5.97 Å². The molecule has 2 heterocycles. The van der Waals surface area contributed by atoms with Crippen LogP contribution in [0.4, 0.5) is 0 Å². The molecule has 0 fully saturated rings. The monoisotopic (exact) mass is 432 g/mol. The fourth-order valence-electron chi connectivity index (χ4n) is 2.41. The van der Waals surface area contributed by atoms with Gasteiger partial charge in [-0.25, -0.2) is 9.59 Å². The van der Waals surface area contributed by atoms with Crippen LogP contribution in [-0.2, 0) is 0 Å². The van der Waals surface area contributed by atoms with E-state index < -0.39 is 10.9 Å². The van der Waals surface area contributed by atoms with Gasteiger partial charge in [-0.3, -0.25) is 0 Å². The predicted molar refractivity (Wildman–Crippen MR) is 103 cm³/mol. The average molecular weight is 433 g/mol. The van der Waals surface area contributed by atoms with Gasteiger partial charge in [-0.15, -0.1) is 11.3 Å². The maximum atomic E-state index is 12.2. The quantitative estimate of drug-likeness (QED) is 0.313. The third kappa shape index (κ3) is 3.30. The van der Waals surface area contributed by atoms with Crippen molar-refractivity contribution in [2.75, 3.05) is 0 Å². The van der Waals surface area contributed by atoms with E-state index >= 15 is 0 Å². The molecule has 0 aliphatic carbocycles. The van der Waals surface area contributed by atoms with Gasteiger partial charge in [0.1, 0.15) is 10.6 Å². The lowest BCUT2D eigenvalue weighted by atomic mass is 10.0. The number of esters is 1. The normalized spacial score (nSPS) is 10.9. The number of ether oxygens (including phenoxy) is 1. The molecule has 2 aromatic carbocycles. The second kappa shape index (κ2) is 6.59. The highest BCUT2D eigenvalue weighted by Gasteiger charge is 2.16. The van der Waals surface area contributed by atoms with Gasteiger partial charge in [-0.05, 0) is 35.2 Å². The van der Waals surface area contributed by atoms with Crippen LogP contribution in [0.3, 0.4) is 0 Å². The lowest BCUT2D eigenvalue weighted by Gasteiger charge is -2.07. The molecule has 124 valence electrons. The largest absolute Gasteiger partial charge is 0.422 e. The molecule has 4 nitrogen and oxygen atoms in total. The van der Waals surface area contributed by atoms with Crippen molar-refractivity contribution in [2.45, 2.75) is 0 Å². The number of thiophene rings is 1. The Kier molecular flexibility index (Phi) is 4.29. The summed E-state index contributed by atoms with van der Waals surface area (Å²) in [7, 11) is 0. The summed E-state index contributed by atoms with van der Waals surface area (Å²) in [5.74, 6) is -0.0483. The molecule has 0 unspecified atom stereocenters. The Labute approximate surface area is 158 Å². The zero-order chi connectivity index (χ0) is 17.4. The number of carbonyl (C=O) groups is 1. The van der Waals surface area contributed by atoms with Gasteiger partial charge in [0.05, 0.1) is 4.70 Å². The number of hydrogen-bond acceptors (Lipinski definition) is 6. The minimum absolute atomic E-state index is 0.376. The van der Waals surface area contributed by atoms with E-state index in [1.165, 1.54) is 11.3 Å². The van der Waals surface area contributed by atoms with Crippen LogP contribution in [0.1, 0.15) is 9.67 Å². The summed E-state index contributed by atoms with van der Waals surface area (Å²) >= 11 is 5.70. The summed E-state index contributed by atoms with van der Waals surface area (Å²) in [5.41, 5.74) is 2.06. The van der Waals surface area contributed by atoms with E-state index in [-0.39, 0.29) is 0 Å². The average Bonchev–Trinajstić information content (AvgIpc) is 3.23. The Morgan fingerprint density at radius 2 is 1.92 bits per heavy atom. The van der Waals surface area contributed by atoms with E-state index in [2.05, 4.69) is 15.9 Å². The summed E-state index contributed by atoms with van der Waals surface area (Å²) in [6.07, 6.45) is 0. The van der Waals surface area contributed by atoms with E-state index in [1.54, 1.807) is 24.3 Å². The van der Waals surface area contributed by atoms with Gasteiger partial charge in [0.2, 0.25) is 0 Å². The van der Waals surface area contributed by atoms with Crippen molar-refractivity contribution in [3.63, 3.8) is 0 Å². The van der Waals surface area contributed by atoms with Gasteiger partial charge < -0.3 is 9.15 Å². The van der Waals surface area contributed by atoms with Crippen LogP contribution in [0, 0.1) is 0 Å². The lowest BCUT2D eigenvalue weighted by molar-refractivity contribution is 0.0740. The van der Waals surface area contributed by atoms with Gasteiger partial charge in [0.25, 0.3) is 0 Å². The second-order valence-corrected chi connectivity index (χ2v) is 7.97. The summed E-state index contributed by atoms with van der Waals surface area (Å²) in [4.78, 5) is 24.0. The summed E-state index contributed by atoms with van der Waals surface area (Å²) in [6, 6.07) is 14.5. The number of rotatable bonds is 3. The van der Waals surface area contributed by atoms with Crippen LogP contribution < -0.4 is 9.68 Å². The fraction of sp³-hybridized carbons (Fsp3) is 0. The van der Waals surface area contributed by atoms with Gasteiger partial charge in [-0.2, -0.15) is 0 Å². The summed E-state index contributed by atoms with van der Waals surface area (Å²) < 4.78 is 12.4. The predicted octanol–water partition coefficient (Wildman–Crippen LogP) is 5.56. The molecule has 4 rings (SSSR count). The molecular weight excluding hydrogens is 424 g/mol. The lowest BCUT2D eigenvalue weighted by Crippen LogP contribution is -2.06. The Hall–Kier alpha value is -2.22. The molecule has 0 atom stereocenters. The molecule has 0 saturated heterocycles. The van der Waals surface area contributed by atoms with Crippen molar-refractivity contribution in [3.8, 4) is 16.9 Å². The molecule has 0 saturated carbocycles. The van der Waals surface area contributed by atoms with Crippen molar-refractivity contribution in [3.05, 3.63) is 73.0 Å². The number of benzene rings is 2. The number of carbonyl (C=O) groups excluding carboxylic acids is 1. The van der Waals surface area contributed by atoms with E-state index in [1.807, 2.05) is 29.6 Å². The first-order chi connectivity index (χ1) is 12.1. The maximum absolute atomic E-state index is 12.2. The first kappa shape index (κ1) is 16.3. The molecule has 0 bridgehead atoms. The van der Waals surface area contributed by atoms with E-state index in [9.17, 15) is 9.59 Å². The molecule has 0 aliphatic heterocycles. The van der Waals surface area contributed by atoms with Gasteiger partial charge in [0.15, 0.2) is 5.58 Å². The smallest absolute Gasteiger partial charge is 0.396 e. The molecule has 2 aromatic heterocycles. The minimum Gasteiger partial charge on any atom is -0.422 e. The molecule has 4 aromatic rings. The van der Waals surface area contributed by atoms with Crippen LogP contribution in [0.15, 0.2) is 67.6 Å². The minimum atomic E-state index is -0.424. The molecule has 25 heavy (non-hydrogen) atoms. The number of fused-ring (bicyclic) bond motifs is 1. The molecule has 0 spiro atoms. The third-order valence-corrected chi connectivity index (χ3v) is 5.65. The fourth-order valence-corrected chi connectivity index (χ4v) is 3.99. The zero-order valence-corrected chi connectivity index (χ0v) is 15.7. The highest BCUT2D eigenvalue weighted by molar-refractivity contribution is 9.10. The highest BCUT2D eigenvalue weighted by Crippen LogP contribution is 2.35. The van der Waals surface area contributed by atoms with Crippen molar-refractivity contribution in [2.24, 2.45) is 0 Å². The van der Waals surface area contributed by atoms with Gasteiger partial charge >= 0.3 is 10.9 Å². The number of hydrogen-bond donors (Lipinski definition) is 0. The molecular formula is C18H9BrO4S2. The summed E-state index contributed by atoms with van der Waals surface area (Å²) in [6.45, 7) is 0. The van der Waals surface area contributed by atoms with Crippen LogP contribution in [0.2, 0.25) is 0 Å². The van der Waals surface area contributed by atoms with E-state index in [0.29, 0.717) is 26.5 Å². The van der Waals surface area contributed by atoms with Crippen LogP contribution in [0.25, 0.3) is 21.4 Å². The molecule has 0 aliphatic rings. The van der Waals surface area contributed by atoms with Crippen molar-refractivity contribution < 1.29 is 13.9 Å². The number of halogens is 1. The Morgan fingerprint density at radius 3 is 2.64 bits per heavy atom. The molecule has 0 radical (unpaired) electrons. The van der Waals surface area contributed by atoms with Crippen molar-refractivity contribution in [1.82, 2.24) is 0 Å². The maximum Gasteiger partial charge on any atom is 0.396 e. The Morgan fingerprint density at radius 1 is 1.12 bits per heavy atom. The Bertz CT molecular complexity index is 1110. The Balaban J connectivity index is 1.82. The van der Waals surface area contributed by atoms with Gasteiger partial charge in [-0.1, -0.05) is 45.5 Å². The first-order valence-corrected chi connectivity index (χ1v) is 9.68. The highest BCUT2D eigenvalue weighted by atomic mass is 79.9. The first-order valence-electron chi connectivity index (χ1n) is 7.19. The van der Waals surface area contributed by atoms with Crippen molar-refractivity contribution in [1.29, 1.82) is 0 Å².